The molecule has 3 aromatic carbocycles. The topological polar surface area (TPSA) is 0 Å². The highest BCUT2D eigenvalue weighted by molar-refractivity contribution is 5.25. The van der Waals surface area contributed by atoms with Crippen LogP contribution in [0.1, 0.15) is 108 Å². The monoisotopic (exact) mass is 456 g/mol. The van der Waals surface area contributed by atoms with E-state index in [-0.39, 0.29) is 0 Å². The van der Waals surface area contributed by atoms with Gasteiger partial charge >= 0.3 is 0 Å². The number of rotatable bonds is 2. The molecule has 0 aliphatic carbocycles. The second-order valence-electron chi connectivity index (χ2n) is 4.30. The van der Waals surface area contributed by atoms with Gasteiger partial charge < -0.3 is 0 Å². The Bertz CT molecular complexity index is 477. The van der Waals surface area contributed by atoms with Gasteiger partial charge in [-0.15, -0.1) is 0 Å². The minimum Gasteiger partial charge on any atom is -0.0683 e. The molecule has 0 aliphatic heterocycles. The summed E-state index contributed by atoms with van der Waals surface area (Å²) in [6, 6.07) is 33.1. The molecule has 0 aromatic heterocycles. The molecule has 192 valence electrons. The van der Waals surface area contributed by atoms with Gasteiger partial charge in [0.05, 0.1) is 0 Å². The maximum absolute atomic E-state index is 2.16. The van der Waals surface area contributed by atoms with Crippen molar-refractivity contribution in [2.45, 2.75) is 103 Å². The van der Waals surface area contributed by atoms with Gasteiger partial charge in [0.25, 0.3) is 0 Å². The predicted octanol–water partition coefficient (Wildman–Crippen LogP) is 12.1. The third-order valence-corrected chi connectivity index (χ3v) is 2.76. The highest BCUT2D eigenvalue weighted by Crippen LogP contribution is 2.07. The van der Waals surface area contributed by atoms with Crippen LogP contribution in [0.2, 0.25) is 0 Å². The lowest BCUT2D eigenvalue weighted by atomic mass is 10.1. The van der Waals surface area contributed by atoms with Crippen molar-refractivity contribution in [1.82, 2.24) is 0 Å². The summed E-state index contributed by atoms with van der Waals surface area (Å²) in [6.07, 6.45) is 1.03. The van der Waals surface area contributed by atoms with E-state index in [4.69, 9.17) is 0 Å². The quantitative estimate of drug-likeness (QED) is 0.359. The summed E-state index contributed by atoms with van der Waals surface area (Å²) in [5, 5.41) is 0. The van der Waals surface area contributed by atoms with Crippen LogP contribution in [0.15, 0.2) is 97.1 Å². The fourth-order valence-electron chi connectivity index (χ4n) is 1.81. The van der Waals surface area contributed by atoms with Crippen LogP contribution in [-0.4, -0.2) is 0 Å². The first-order valence-corrected chi connectivity index (χ1v) is 13.5. The second kappa shape index (κ2) is 57.1. The van der Waals surface area contributed by atoms with Crippen LogP contribution in [0.4, 0.5) is 0 Å². The van der Waals surface area contributed by atoms with Gasteiger partial charge in [0.1, 0.15) is 0 Å². The average Bonchev–Trinajstić information content (AvgIpc) is 2.99. The van der Waals surface area contributed by atoms with E-state index in [1.54, 1.807) is 0 Å². The van der Waals surface area contributed by atoms with Crippen molar-refractivity contribution in [3.8, 4) is 0 Å². The van der Waals surface area contributed by atoms with E-state index in [2.05, 4.69) is 60.7 Å². The van der Waals surface area contributed by atoms with E-state index in [0.29, 0.717) is 0 Å². The molecule has 33 heavy (non-hydrogen) atoms. The van der Waals surface area contributed by atoms with Gasteiger partial charge in [-0.25, -0.2) is 0 Å². The van der Waals surface area contributed by atoms with Crippen LogP contribution >= 0.6 is 0 Å². The molecule has 0 fully saturated rings. The Balaban J connectivity index is -0.0000000775. The van der Waals surface area contributed by atoms with Crippen LogP contribution in [0.5, 0.6) is 0 Å². The maximum Gasteiger partial charge on any atom is -0.00258 e. The van der Waals surface area contributed by atoms with Gasteiger partial charge in [-0.1, -0.05) is 194 Å². The van der Waals surface area contributed by atoms with Crippen LogP contribution in [0.25, 0.3) is 0 Å². The first-order chi connectivity index (χ1) is 16.4. The van der Waals surface area contributed by atoms with Crippen LogP contribution < -0.4 is 0 Å². The Morgan fingerprint density at radius 2 is 0.424 bits per heavy atom. The lowest BCUT2D eigenvalue weighted by Crippen LogP contribution is -1.85. The molecule has 0 radical (unpaired) electrons. The summed E-state index contributed by atoms with van der Waals surface area (Å²) < 4.78 is 0. The molecule has 0 N–H and O–H groups in total. The van der Waals surface area contributed by atoms with E-state index in [0.717, 1.165) is 6.42 Å². The van der Waals surface area contributed by atoms with Gasteiger partial charge in [-0.3, -0.25) is 0 Å². The number of hydrogen-bond donors (Lipinski definition) is 0. The van der Waals surface area contributed by atoms with Gasteiger partial charge in [-0.2, -0.15) is 0 Å². The van der Waals surface area contributed by atoms with Crippen molar-refractivity contribution in [2.24, 2.45) is 0 Å². The molecule has 0 amide bonds. The summed E-state index contributed by atoms with van der Waals surface area (Å²) in [4.78, 5) is 0. The molecule has 0 aliphatic rings. The van der Waals surface area contributed by atoms with E-state index < -0.39 is 0 Å². The van der Waals surface area contributed by atoms with Gasteiger partial charge in [-0.05, 0) is 17.5 Å². The molecular weight excluding hydrogens is 396 g/mol. The third kappa shape index (κ3) is 40.5. The van der Waals surface area contributed by atoms with Crippen molar-refractivity contribution >= 4 is 0 Å². The second-order valence-corrected chi connectivity index (χ2v) is 4.30. The minimum absolute atomic E-state index is 1.03. The Kier molecular flexibility index (Phi) is 76.7. The molecule has 0 atom stereocenters. The Morgan fingerprint density at radius 1 is 0.273 bits per heavy atom. The first kappa shape index (κ1) is 44.4. The molecule has 0 saturated carbocycles. The fourth-order valence-corrected chi connectivity index (χ4v) is 1.81. The fraction of sp³-hybridized carbons (Fsp3) is 0.455. The highest BCUT2D eigenvalue weighted by Gasteiger charge is 1.92. The summed E-state index contributed by atoms with van der Waals surface area (Å²) in [7, 11) is 0. The smallest absolute Gasteiger partial charge is 0.00258 e. The molecule has 0 nitrogen and oxygen atoms in total. The summed E-state index contributed by atoms with van der Waals surface area (Å²) in [5.74, 6) is 0. The van der Waals surface area contributed by atoms with Crippen molar-refractivity contribution in [2.75, 3.05) is 0 Å². The molecule has 0 unspecified atom stereocenters. The summed E-state index contributed by atoms with van der Waals surface area (Å²) in [6.45, 7) is 28.0. The van der Waals surface area contributed by atoms with Crippen LogP contribution in [-0.2, 0) is 6.42 Å². The molecule has 3 aromatic rings. The normalized spacial score (nSPS) is 6.61. The zero-order valence-corrected chi connectivity index (χ0v) is 24.9. The first-order valence-electron chi connectivity index (χ1n) is 13.5. The molecule has 0 bridgehead atoms. The lowest BCUT2D eigenvalue weighted by Gasteiger charge is -2.00. The van der Waals surface area contributed by atoms with E-state index in [9.17, 15) is 0 Å². The van der Waals surface area contributed by atoms with Crippen molar-refractivity contribution in [3.63, 3.8) is 0 Å². The van der Waals surface area contributed by atoms with Crippen LogP contribution in [0.3, 0.4) is 0 Å². The molecule has 0 spiro atoms. The predicted molar refractivity (Wildman–Crippen MR) is 162 cm³/mol. The van der Waals surface area contributed by atoms with Gasteiger partial charge in [0.2, 0.25) is 0 Å². The van der Waals surface area contributed by atoms with E-state index >= 15 is 0 Å². The third-order valence-electron chi connectivity index (χ3n) is 2.76. The Labute approximate surface area is 211 Å². The highest BCUT2D eigenvalue weighted by atomic mass is 14.0. The molecule has 0 heteroatoms. The SMILES string of the molecule is CC.CC.CC.CC.CC.CC.CC.c1ccc(Cc2ccccc2)cc1.c1ccccc1. The molecule has 0 saturated heterocycles. The molecule has 3 rings (SSSR count). The standard InChI is InChI=1S/C13H12.C6H6.7C2H6/c1-3-7-12(8-4-1)11-13-9-5-2-6-10-13;1-2-4-6-5-3-1;7*1-2/h1-10H,11H2;1-6H;7*1-2H3. The summed E-state index contributed by atoms with van der Waals surface area (Å²) in [5.41, 5.74) is 2.74. The zero-order chi connectivity index (χ0) is 27.2. The van der Waals surface area contributed by atoms with Crippen molar-refractivity contribution in [3.05, 3.63) is 108 Å². The van der Waals surface area contributed by atoms with Gasteiger partial charge in [0.15, 0.2) is 0 Å². The largest absolute Gasteiger partial charge is 0.0683 e. The minimum atomic E-state index is 1.03. The van der Waals surface area contributed by atoms with Crippen molar-refractivity contribution < 1.29 is 0 Å². The van der Waals surface area contributed by atoms with Crippen LogP contribution in [0, 0.1) is 0 Å². The average molecular weight is 457 g/mol. The number of benzene rings is 3. The Morgan fingerprint density at radius 3 is 0.606 bits per heavy atom. The van der Waals surface area contributed by atoms with E-state index in [1.165, 1.54) is 11.1 Å². The number of hydrogen-bond acceptors (Lipinski definition) is 0. The molecule has 0 heterocycles. The maximum atomic E-state index is 2.16. The Hall–Kier alpha value is -2.34. The molecular formula is C33H60. The summed E-state index contributed by atoms with van der Waals surface area (Å²) >= 11 is 0. The van der Waals surface area contributed by atoms with Crippen molar-refractivity contribution in [1.29, 1.82) is 0 Å². The van der Waals surface area contributed by atoms with E-state index in [1.807, 2.05) is 133 Å². The van der Waals surface area contributed by atoms with Gasteiger partial charge in [0, 0.05) is 0 Å². The zero-order valence-electron chi connectivity index (χ0n) is 24.9. The lowest BCUT2D eigenvalue weighted by molar-refractivity contribution is 1.19.